The average Bonchev–Trinajstić information content (AvgIpc) is 2.37. The van der Waals surface area contributed by atoms with Crippen molar-refractivity contribution in [1.82, 2.24) is 0 Å². The minimum Gasteiger partial charge on any atom is -1.00 e. The second-order valence-corrected chi connectivity index (χ2v) is 4.76. The first-order valence-corrected chi connectivity index (χ1v) is 6.49. The highest BCUT2D eigenvalue weighted by atomic mass is 35.5. The Labute approximate surface area is 134 Å². The molecular weight excluding hydrogens is 299 g/mol. The first-order valence-electron chi connectivity index (χ1n) is 6.49. The standard InChI is InChI=1S/C14H24N2O2.2ClH/c1-16(2)10-9-15-8-7-12-5-6-13(17-3)14(11-12)18-4;;/h5-6,11,15H,7-10H2,1-4H3;2*1H. The fourth-order valence-corrected chi connectivity index (χ4v) is 1.84. The molecule has 0 saturated carbocycles. The van der Waals surface area contributed by atoms with Crippen molar-refractivity contribution >= 4 is 0 Å². The van der Waals surface area contributed by atoms with Gasteiger partial charge in [-0.25, -0.2) is 0 Å². The molecule has 1 aromatic rings. The van der Waals surface area contributed by atoms with Crippen LogP contribution in [0.4, 0.5) is 0 Å². The third-order valence-corrected chi connectivity index (χ3v) is 2.93. The van der Waals surface area contributed by atoms with Gasteiger partial charge in [-0.05, 0) is 17.7 Å². The molecule has 1 aromatic carbocycles. The van der Waals surface area contributed by atoms with Crippen LogP contribution in [0.3, 0.4) is 0 Å². The number of nitrogens with two attached hydrogens (primary N) is 1. The van der Waals surface area contributed by atoms with Crippen LogP contribution in [0.5, 0.6) is 11.5 Å². The first-order chi connectivity index (χ1) is 8.67. The number of hydrogen-bond donors (Lipinski definition) is 2. The second-order valence-electron chi connectivity index (χ2n) is 4.76. The molecule has 0 aliphatic rings. The van der Waals surface area contributed by atoms with Gasteiger partial charge in [-0.2, -0.15) is 0 Å². The molecular formula is C14H26Cl2N2O2. The summed E-state index contributed by atoms with van der Waals surface area (Å²) in [6.07, 6.45) is 1.06. The highest BCUT2D eigenvalue weighted by Crippen LogP contribution is 2.27. The summed E-state index contributed by atoms with van der Waals surface area (Å²) < 4.78 is 10.5. The summed E-state index contributed by atoms with van der Waals surface area (Å²) in [5.74, 6) is 1.61. The van der Waals surface area contributed by atoms with E-state index in [-0.39, 0.29) is 24.8 Å². The molecule has 0 bridgehead atoms. The Kier molecular flexibility index (Phi) is 13.1. The Balaban J connectivity index is 0. The lowest BCUT2D eigenvalue weighted by Gasteiger charge is -2.09. The molecule has 0 fully saturated rings. The zero-order valence-corrected chi connectivity index (χ0v) is 14.2. The number of ether oxygens (including phenoxy) is 2. The minimum absolute atomic E-state index is 0. The summed E-state index contributed by atoms with van der Waals surface area (Å²) in [6.45, 7) is 3.49. The monoisotopic (exact) mass is 324 g/mol. The molecule has 0 heterocycles. The van der Waals surface area contributed by atoms with Gasteiger partial charge >= 0.3 is 0 Å². The smallest absolute Gasteiger partial charge is 0.160 e. The average molecular weight is 325 g/mol. The van der Waals surface area contributed by atoms with Crippen LogP contribution in [0, 0.1) is 0 Å². The van der Waals surface area contributed by atoms with E-state index in [1.807, 2.05) is 6.07 Å². The summed E-state index contributed by atoms with van der Waals surface area (Å²) in [7, 11) is 7.70. The van der Waals surface area contributed by atoms with Crippen molar-refractivity contribution in [3.8, 4) is 11.5 Å². The van der Waals surface area contributed by atoms with Gasteiger partial charge in [0.05, 0.1) is 34.9 Å². The van der Waals surface area contributed by atoms with Crippen molar-refractivity contribution in [3.05, 3.63) is 23.8 Å². The van der Waals surface area contributed by atoms with E-state index in [1.54, 1.807) is 14.2 Å². The van der Waals surface area contributed by atoms with Crippen LogP contribution in [0.25, 0.3) is 0 Å². The quantitative estimate of drug-likeness (QED) is 0.467. The van der Waals surface area contributed by atoms with E-state index in [4.69, 9.17) is 9.47 Å². The zero-order valence-electron chi connectivity index (χ0n) is 12.7. The molecule has 4 nitrogen and oxygen atoms in total. The predicted molar refractivity (Wildman–Crippen MR) is 72.6 cm³/mol. The lowest BCUT2D eigenvalue weighted by atomic mass is 10.1. The van der Waals surface area contributed by atoms with Crippen molar-refractivity contribution in [2.24, 2.45) is 0 Å². The molecule has 6 heteroatoms. The van der Waals surface area contributed by atoms with Crippen molar-refractivity contribution in [3.63, 3.8) is 0 Å². The Morgan fingerprint density at radius 3 is 2.20 bits per heavy atom. The Hall–Kier alpha value is -0.680. The summed E-state index contributed by atoms with van der Waals surface area (Å²) in [5.41, 5.74) is 1.29. The van der Waals surface area contributed by atoms with E-state index >= 15 is 0 Å². The lowest BCUT2D eigenvalue weighted by molar-refractivity contribution is -0.874. The van der Waals surface area contributed by atoms with Gasteiger partial charge < -0.3 is 44.5 Å². The normalized spacial score (nSPS) is 9.65. The summed E-state index contributed by atoms with van der Waals surface area (Å²) >= 11 is 0. The van der Waals surface area contributed by atoms with Crippen LogP contribution in [-0.4, -0.2) is 47.9 Å². The third-order valence-electron chi connectivity index (χ3n) is 2.93. The predicted octanol–water partition coefficient (Wildman–Crippen LogP) is -7.04. The number of rotatable bonds is 8. The number of quaternary nitrogens is 2. The number of likely N-dealkylation sites (N-methyl/N-ethyl adjacent to an activating group) is 1. The van der Waals surface area contributed by atoms with Crippen molar-refractivity contribution in [1.29, 1.82) is 0 Å². The summed E-state index contributed by atoms with van der Waals surface area (Å²) in [6, 6.07) is 6.13. The van der Waals surface area contributed by atoms with Gasteiger partial charge in [-0.1, -0.05) is 6.07 Å². The van der Waals surface area contributed by atoms with E-state index in [2.05, 4.69) is 31.5 Å². The number of benzene rings is 1. The van der Waals surface area contributed by atoms with E-state index < -0.39 is 0 Å². The topological polar surface area (TPSA) is 39.5 Å². The number of methoxy groups -OCH3 is 2. The molecule has 3 N–H and O–H groups in total. The Morgan fingerprint density at radius 1 is 1.00 bits per heavy atom. The molecule has 0 saturated heterocycles. The van der Waals surface area contributed by atoms with E-state index in [1.165, 1.54) is 23.6 Å². The van der Waals surface area contributed by atoms with E-state index in [0.29, 0.717) is 0 Å². The Morgan fingerprint density at radius 2 is 1.65 bits per heavy atom. The highest BCUT2D eigenvalue weighted by Gasteiger charge is 2.05. The largest absolute Gasteiger partial charge is 1.00 e. The van der Waals surface area contributed by atoms with Gasteiger partial charge in [0.25, 0.3) is 0 Å². The summed E-state index contributed by atoms with van der Waals surface area (Å²) in [5, 5.41) is 2.36. The molecule has 1 rings (SSSR count). The molecule has 0 aliphatic heterocycles. The van der Waals surface area contributed by atoms with E-state index in [9.17, 15) is 0 Å². The summed E-state index contributed by atoms with van der Waals surface area (Å²) in [4.78, 5) is 1.50. The SMILES string of the molecule is COc1ccc(CC[NH2+]CC[NH+](C)C)cc1OC.[Cl-].[Cl-]. The number of nitrogens with one attached hydrogen (secondary N) is 1. The van der Waals surface area contributed by atoms with E-state index in [0.717, 1.165) is 24.5 Å². The van der Waals surface area contributed by atoms with Crippen LogP contribution in [0.2, 0.25) is 0 Å². The molecule has 118 valence electrons. The Bertz CT molecular complexity index is 363. The van der Waals surface area contributed by atoms with Crippen LogP contribution in [0.15, 0.2) is 18.2 Å². The van der Waals surface area contributed by atoms with Crippen molar-refractivity contribution in [2.45, 2.75) is 6.42 Å². The fraction of sp³-hybridized carbons (Fsp3) is 0.571. The number of halogens is 2. The zero-order chi connectivity index (χ0) is 13.4. The molecule has 0 spiro atoms. The minimum atomic E-state index is 0. The van der Waals surface area contributed by atoms with Gasteiger partial charge in [-0.3, -0.25) is 0 Å². The van der Waals surface area contributed by atoms with Gasteiger partial charge in [0, 0.05) is 6.42 Å². The van der Waals surface area contributed by atoms with Gasteiger partial charge in [-0.15, -0.1) is 0 Å². The van der Waals surface area contributed by atoms with Crippen LogP contribution in [0.1, 0.15) is 5.56 Å². The molecule has 0 radical (unpaired) electrons. The maximum Gasteiger partial charge on any atom is 0.160 e. The van der Waals surface area contributed by atoms with Crippen molar-refractivity contribution < 1.29 is 44.5 Å². The molecule has 20 heavy (non-hydrogen) atoms. The third kappa shape index (κ3) is 7.80. The van der Waals surface area contributed by atoms with Crippen LogP contribution in [-0.2, 0) is 6.42 Å². The second kappa shape index (κ2) is 12.1. The maximum atomic E-state index is 5.30. The lowest BCUT2D eigenvalue weighted by Crippen LogP contribution is -3.09. The molecule has 0 unspecified atom stereocenters. The van der Waals surface area contributed by atoms with Gasteiger partial charge in [0.2, 0.25) is 0 Å². The number of hydrogen-bond acceptors (Lipinski definition) is 2. The van der Waals surface area contributed by atoms with Crippen molar-refractivity contribution in [2.75, 3.05) is 47.9 Å². The highest BCUT2D eigenvalue weighted by molar-refractivity contribution is 5.42. The van der Waals surface area contributed by atoms with Gasteiger partial charge in [0.1, 0.15) is 13.1 Å². The molecule has 0 aromatic heterocycles. The molecule has 0 aliphatic carbocycles. The fourth-order valence-electron chi connectivity index (χ4n) is 1.84. The van der Waals surface area contributed by atoms with Gasteiger partial charge in [0.15, 0.2) is 11.5 Å². The molecule has 0 amide bonds. The van der Waals surface area contributed by atoms with Crippen LogP contribution < -0.4 is 44.5 Å². The first kappa shape index (κ1) is 21.6. The van der Waals surface area contributed by atoms with Crippen LogP contribution >= 0.6 is 0 Å². The molecule has 0 atom stereocenters. The maximum absolute atomic E-state index is 5.30.